The maximum Gasteiger partial charge on any atom is 0.114 e. The molecular formula is C26H50O5. The van der Waals surface area contributed by atoms with Crippen LogP contribution in [0.15, 0.2) is 12.2 Å². The van der Waals surface area contributed by atoms with E-state index in [9.17, 15) is 15.3 Å². The fourth-order valence-electron chi connectivity index (χ4n) is 4.27. The molecule has 0 unspecified atom stereocenters. The summed E-state index contributed by atoms with van der Waals surface area (Å²) in [4.78, 5) is 0. The average Bonchev–Trinajstić information content (AvgIpc) is 3.11. The second kappa shape index (κ2) is 20.2. The topological polar surface area (TPSA) is 79.2 Å². The molecule has 1 saturated heterocycles. The van der Waals surface area contributed by atoms with Gasteiger partial charge in [-0.15, -0.1) is 0 Å². The van der Waals surface area contributed by atoms with Crippen LogP contribution in [0.5, 0.6) is 0 Å². The van der Waals surface area contributed by atoms with Crippen molar-refractivity contribution in [1.82, 2.24) is 0 Å². The van der Waals surface area contributed by atoms with Crippen LogP contribution >= 0.6 is 0 Å². The minimum absolute atomic E-state index is 0.100. The van der Waals surface area contributed by atoms with Gasteiger partial charge in [0.1, 0.15) is 24.4 Å². The predicted molar refractivity (Wildman–Crippen MR) is 127 cm³/mol. The van der Waals surface area contributed by atoms with Crippen molar-refractivity contribution in [2.24, 2.45) is 0 Å². The Morgan fingerprint density at radius 1 is 0.806 bits per heavy atom. The fraction of sp³-hybridized carbons (Fsp3) is 0.923. The summed E-state index contributed by atoms with van der Waals surface area (Å²) >= 11 is 0. The molecule has 1 fully saturated rings. The lowest BCUT2D eigenvalue weighted by molar-refractivity contribution is -0.101. The minimum Gasteiger partial charge on any atom is -0.394 e. The highest BCUT2D eigenvalue weighted by Gasteiger charge is 2.40. The summed E-state index contributed by atoms with van der Waals surface area (Å²) in [5, 5.41) is 28.8. The molecule has 0 amide bonds. The Balaban J connectivity index is 1.79. The fourth-order valence-corrected chi connectivity index (χ4v) is 4.27. The Morgan fingerprint density at radius 2 is 1.29 bits per heavy atom. The number of ether oxygens (including phenoxy) is 2. The molecule has 184 valence electrons. The first-order valence-electron chi connectivity index (χ1n) is 13.0. The minimum atomic E-state index is -0.977. The van der Waals surface area contributed by atoms with E-state index in [1.807, 2.05) is 0 Å². The second-order valence-corrected chi connectivity index (χ2v) is 9.11. The molecule has 5 nitrogen and oxygen atoms in total. The van der Waals surface area contributed by atoms with E-state index < -0.39 is 24.4 Å². The van der Waals surface area contributed by atoms with Gasteiger partial charge >= 0.3 is 0 Å². The number of hydrogen-bond donors (Lipinski definition) is 3. The number of allylic oxidation sites excluding steroid dienone is 2. The Hall–Kier alpha value is -0.460. The smallest absolute Gasteiger partial charge is 0.114 e. The molecule has 0 spiro atoms. The number of aliphatic hydroxyl groups excluding tert-OH is 3. The normalized spacial score (nSPS) is 22.5. The van der Waals surface area contributed by atoms with E-state index in [1.54, 1.807) is 0 Å². The molecule has 5 heteroatoms. The SMILES string of the molecule is C/C=C/CCCCCCCCCCCCCCCCCO[C@H](CO)[C@@H]1OC[C@H](O)[C@@H]1O. The molecule has 0 aliphatic carbocycles. The average molecular weight is 443 g/mol. The number of hydrogen-bond acceptors (Lipinski definition) is 5. The zero-order valence-electron chi connectivity index (χ0n) is 20.1. The maximum atomic E-state index is 9.85. The van der Waals surface area contributed by atoms with E-state index in [1.165, 1.54) is 89.9 Å². The monoisotopic (exact) mass is 442 g/mol. The molecule has 0 aromatic carbocycles. The van der Waals surface area contributed by atoms with Gasteiger partial charge in [-0.25, -0.2) is 0 Å². The van der Waals surface area contributed by atoms with Gasteiger partial charge in [0.15, 0.2) is 0 Å². The molecule has 3 N–H and O–H groups in total. The van der Waals surface area contributed by atoms with Crippen molar-refractivity contribution in [3.8, 4) is 0 Å². The lowest BCUT2D eigenvalue weighted by Gasteiger charge is -2.24. The van der Waals surface area contributed by atoms with Gasteiger partial charge < -0.3 is 24.8 Å². The quantitative estimate of drug-likeness (QED) is 0.166. The standard InChI is InChI=1S/C26H50O5/c1-2-3-4-5-6-7-8-9-10-11-12-13-14-15-16-17-18-19-20-30-24(21-27)26-25(29)23(28)22-31-26/h2-3,23-29H,4-22H2,1H3/b3-2+/t23-,24+,25-,26-/m0/s1. The number of aliphatic hydroxyl groups is 3. The summed E-state index contributed by atoms with van der Waals surface area (Å²) in [6, 6.07) is 0. The molecule has 31 heavy (non-hydrogen) atoms. The van der Waals surface area contributed by atoms with Crippen molar-refractivity contribution in [1.29, 1.82) is 0 Å². The maximum absolute atomic E-state index is 9.85. The summed E-state index contributed by atoms with van der Waals surface area (Å²) in [5.41, 5.74) is 0. The Kier molecular flexibility index (Phi) is 18.6. The molecule has 0 aromatic heterocycles. The van der Waals surface area contributed by atoms with Crippen LogP contribution in [0.4, 0.5) is 0 Å². The van der Waals surface area contributed by atoms with E-state index in [4.69, 9.17) is 9.47 Å². The number of rotatable bonds is 21. The highest BCUT2D eigenvalue weighted by molar-refractivity contribution is 4.88. The van der Waals surface area contributed by atoms with Crippen LogP contribution < -0.4 is 0 Å². The molecule has 0 radical (unpaired) electrons. The molecule has 1 heterocycles. The second-order valence-electron chi connectivity index (χ2n) is 9.11. The van der Waals surface area contributed by atoms with Crippen LogP contribution in [-0.2, 0) is 9.47 Å². The third-order valence-electron chi connectivity index (χ3n) is 6.32. The first-order valence-corrected chi connectivity index (χ1v) is 13.0. The van der Waals surface area contributed by atoms with Crippen molar-refractivity contribution < 1.29 is 24.8 Å². The van der Waals surface area contributed by atoms with E-state index in [2.05, 4.69) is 19.1 Å². The van der Waals surface area contributed by atoms with Crippen molar-refractivity contribution in [3.05, 3.63) is 12.2 Å². The zero-order chi connectivity index (χ0) is 22.6. The van der Waals surface area contributed by atoms with Gasteiger partial charge in [-0.3, -0.25) is 0 Å². The van der Waals surface area contributed by atoms with Gasteiger partial charge in [0.2, 0.25) is 0 Å². The van der Waals surface area contributed by atoms with Crippen LogP contribution in [0, 0.1) is 0 Å². The first kappa shape index (κ1) is 28.6. The molecule has 4 atom stereocenters. The third-order valence-corrected chi connectivity index (χ3v) is 6.32. The first-order chi connectivity index (χ1) is 15.2. The van der Waals surface area contributed by atoms with Gasteiger partial charge in [0, 0.05) is 6.61 Å². The van der Waals surface area contributed by atoms with E-state index in [0.29, 0.717) is 6.61 Å². The van der Waals surface area contributed by atoms with Crippen molar-refractivity contribution in [2.45, 2.75) is 134 Å². The van der Waals surface area contributed by atoms with Crippen LogP contribution in [0.25, 0.3) is 0 Å². The lowest BCUT2D eigenvalue weighted by atomic mass is 10.0. The van der Waals surface area contributed by atoms with Crippen molar-refractivity contribution >= 4 is 0 Å². The Morgan fingerprint density at radius 3 is 1.71 bits per heavy atom. The van der Waals surface area contributed by atoms with Crippen molar-refractivity contribution in [3.63, 3.8) is 0 Å². The van der Waals surface area contributed by atoms with E-state index in [0.717, 1.165) is 12.8 Å². The van der Waals surface area contributed by atoms with Crippen LogP contribution in [-0.4, -0.2) is 59.6 Å². The summed E-state index contributed by atoms with van der Waals surface area (Å²) in [7, 11) is 0. The molecule has 1 aliphatic rings. The van der Waals surface area contributed by atoms with Gasteiger partial charge in [0.25, 0.3) is 0 Å². The molecular weight excluding hydrogens is 392 g/mol. The van der Waals surface area contributed by atoms with Gasteiger partial charge in [-0.05, 0) is 26.2 Å². The predicted octanol–water partition coefficient (Wildman–Crippen LogP) is 5.30. The summed E-state index contributed by atoms with van der Waals surface area (Å²) in [6.07, 6.45) is 22.4. The van der Waals surface area contributed by atoms with Crippen molar-refractivity contribution in [2.75, 3.05) is 19.8 Å². The Bertz CT molecular complexity index is 415. The summed E-state index contributed by atoms with van der Waals surface area (Å²) < 4.78 is 11.0. The van der Waals surface area contributed by atoms with E-state index in [-0.39, 0.29) is 13.2 Å². The van der Waals surface area contributed by atoms with Gasteiger partial charge in [0.05, 0.1) is 13.2 Å². The van der Waals surface area contributed by atoms with Crippen LogP contribution in [0.3, 0.4) is 0 Å². The van der Waals surface area contributed by atoms with Crippen LogP contribution in [0.2, 0.25) is 0 Å². The third kappa shape index (κ3) is 14.3. The molecule has 0 bridgehead atoms. The molecule has 1 aliphatic heterocycles. The number of unbranched alkanes of at least 4 members (excludes halogenated alkanes) is 15. The largest absolute Gasteiger partial charge is 0.394 e. The summed E-state index contributed by atoms with van der Waals surface area (Å²) in [5.74, 6) is 0. The molecule has 1 rings (SSSR count). The lowest BCUT2D eigenvalue weighted by Crippen LogP contribution is -2.42. The van der Waals surface area contributed by atoms with Gasteiger partial charge in [-0.1, -0.05) is 95.6 Å². The summed E-state index contributed by atoms with van der Waals surface area (Å²) in [6.45, 7) is 2.56. The van der Waals surface area contributed by atoms with Crippen LogP contribution in [0.1, 0.15) is 110 Å². The Labute approximate surface area is 191 Å². The van der Waals surface area contributed by atoms with Gasteiger partial charge in [-0.2, -0.15) is 0 Å². The highest BCUT2D eigenvalue weighted by Crippen LogP contribution is 2.20. The molecule has 0 saturated carbocycles. The van der Waals surface area contributed by atoms with E-state index >= 15 is 0 Å². The zero-order valence-corrected chi connectivity index (χ0v) is 20.1. The molecule has 0 aromatic rings. The highest BCUT2D eigenvalue weighted by atomic mass is 16.6.